The van der Waals surface area contributed by atoms with Crippen molar-refractivity contribution < 1.29 is 23.3 Å². The highest BCUT2D eigenvalue weighted by Crippen LogP contribution is 2.18. The smallest absolute Gasteiger partial charge is 0.279 e. The lowest BCUT2D eigenvalue weighted by Crippen LogP contribution is -2.88. The van der Waals surface area contributed by atoms with Gasteiger partial charge in [0.25, 0.3) is 5.91 Å². The average Bonchev–Trinajstić information content (AvgIpc) is 2.52. The van der Waals surface area contributed by atoms with E-state index in [4.69, 9.17) is 0 Å². The van der Waals surface area contributed by atoms with Crippen LogP contribution in [0.2, 0.25) is 0 Å². The lowest BCUT2D eigenvalue weighted by Gasteiger charge is -2.19. The van der Waals surface area contributed by atoms with E-state index in [1.165, 1.54) is 18.2 Å². The van der Waals surface area contributed by atoms with E-state index in [1.807, 2.05) is 19.2 Å². The predicted molar refractivity (Wildman–Crippen MR) is 85.8 cm³/mol. The van der Waals surface area contributed by atoms with E-state index in [0.29, 0.717) is 0 Å². The first kappa shape index (κ1) is 18.0. The van der Waals surface area contributed by atoms with Gasteiger partial charge in [-0.05, 0) is 24.3 Å². The Kier molecular flexibility index (Phi) is 5.98. The van der Waals surface area contributed by atoms with Gasteiger partial charge in [-0.1, -0.05) is 26.0 Å². The van der Waals surface area contributed by atoms with E-state index in [-0.39, 0.29) is 35.9 Å². The van der Waals surface area contributed by atoms with Crippen LogP contribution in [0.1, 0.15) is 25.5 Å². The first-order valence-corrected chi connectivity index (χ1v) is 7.70. The van der Waals surface area contributed by atoms with E-state index in [0.717, 1.165) is 17.7 Å². The quantitative estimate of drug-likeness (QED) is 0.836. The predicted octanol–water partition coefficient (Wildman–Crippen LogP) is 3.00. The van der Waals surface area contributed by atoms with Crippen molar-refractivity contribution in [3.63, 3.8) is 0 Å². The van der Waals surface area contributed by atoms with Crippen molar-refractivity contribution in [1.29, 1.82) is 0 Å². The Morgan fingerprint density at radius 3 is 2.29 bits per heavy atom. The van der Waals surface area contributed by atoms with Gasteiger partial charge in [-0.15, -0.1) is 0 Å². The molecule has 6 heteroatoms. The second kappa shape index (κ2) is 7.97. The Labute approximate surface area is 138 Å². The third-order valence-corrected chi connectivity index (χ3v) is 3.73. The number of hydrogen-bond donors (Lipinski definition) is 2. The molecule has 0 bridgehead atoms. The summed E-state index contributed by atoms with van der Waals surface area (Å²) in [5, 5.41) is 4.37. The molecular formula is C18H20F3N2O+. The molecule has 0 saturated heterocycles. The van der Waals surface area contributed by atoms with Gasteiger partial charge in [-0.2, -0.15) is 0 Å². The number of benzene rings is 2. The summed E-state index contributed by atoms with van der Waals surface area (Å²) in [6.45, 7) is 4.13. The minimum Gasteiger partial charge on any atom is -0.332 e. The van der Waals surface area contributed by atoms with Gasteiger partial charge in [0.1, 0.15) is 11.9 Å². The molecule has 2 aromatic carbocycles. The van der Waals surface area contributed by atoms with E-state index in [2.05, 4.69) is 5.32 Å². The molecule has 0 heterocycles. The standard InChI is InChI=1S/C18H19F3N2O/c1-11(2)18(12-3-5-13(19)6-4-12)22-10-17(24)23-14-7-8-15(20)16(21)9-14/h3-9,11,18,22H,10H2,1-2H3,(H,23,24)/p+1/t18-/m1/s1. The number of nitrogens with one attached hydrogen (secondary N) is 1. The lowest BCUT2D eigenvalue weighted by atomic mass is 9.96. The normalized spacial score (nSPS) is 12.2. The van der Waals surface area contributed by atoms with Crippen molar-refractivity contribution in [2.24, 2.45) is 5.92 Å². The van der Waals surface area contributed by atoms with Gasteiger partial charge in [0, 0.05) is 23.2 Å². The number of carbonyl (C=O) groups is 1. The molecule has 2 aromatic rings. The minimum absolute atomic E-state index is 0.0127. The fourth-order valence-corrected chi connectivity index (χ4v) is 2.50. The number of anilines is 1. The maximum Gasteiger partial charge on any atom is 0.279 e. The minimum atomic E-state index is -1.01. The Morgan fingerprint density at radius 1 is 1.04 bits per heavy atom. The molecule has 1 atom stereocenters. The molecule has 0 radical (unpaired) electrons. The number of nitrogens with two attached hydrogens (primary N) is 1. The molecule has 0 aliphatic rings. The maximum absolute atomic E-state index is 13.1. The van der Waals surface area contributed by atoms with Crippen molar-refractivity contribution in [3.8, 4) is 0 Å². The van der Waals surface area contributed by atoms with Gasteiger partial charge < -0.3 is 10.6 Å². The van der Waals surface area contributed by atoms with Crippen LogP contribution in [0.15, 0.2) is 42.5 Å². The van der Waals surface area contributed by atoms with Crippen molar-refractivity contribution in [2.75, 3.05) is 11.9 Å². The van der Waals surface area contributed by atoms with Gasteiger partial charge in [0.05, 0.1) is 0 Å². The van der Waals surface area contributed by atoms with Crippen LogP contribution < -0.4 is 10.6 Å². The Balaban J connectivity index is 1.97. The molecule has 0 aliphatic heterocycles. The lowest BCUT2D eigenvalue weighted by molar-refractivity contribution is -0.692. The molecule has 3 N–H and O–H groups in total. The zero-order valence-electron chi connectivity index (χ0n) is 13.5. The van der Waals surface area contributed by atoms with Gasteiger partial charge in [-0.25, -0.2) is 13.2 Å². The number of rotatable bonds is 6. The van der Waals surface area contributed by atoms with Gasteiger partial charge in [0.2, 0.25) is 0 Å². The number of quaternary nitrogens is 1. The molecule has 0 unspecified atom stereocenters. The third-order valence-electron chi connectivity index (χ3n) is 3.73. The van der Waals surface area contributed by atoms with Gasteiger partial charge in [0.15, 0.2) is 18.2 Å². The van der Waals surface area contributed by atoms with E-state index in [9.17, 15) is 18.0 Å². The van der Waals surface area contributed by atoms with Crippen LogP contribution in [0.3, 0.4) is 0 Å². The Hall–Kier alpha value is -2.34. The summed E-state index contributed by atoms with van der Waals surface area (Å²) in [6.07, 6.45) is 0. The highest BCUT2D eigenvalue weighted by molar-refractivity contribution is 5.91. The van der Waals surface area contributed by atoms with Gasteiger partial charge >= 0.3 is 0 Å². The number of hydrogen-bond acceptors (Lipinski definition) is 1. The first-order valence-electron chi connectivity index (χ1n) is 7.70. The van der Waals surface area contributed by atoms with Crippen LogP contribution in [0.25, 0.3) is 0 Å². The summed E-state index contributed by atoms with van der Waals surface area (Å²) in [5.41, 5.74) is 1.13. The summed E-state index contributed by atoms with van der Waals surface area (Å²) in [7, 11) is 0. The Bertz CT molecular complexity index is 702. The van der Waals surface area contributed by atoms with Crippen LogP contribution >= 0.6 is 0 Å². The summed E-state index contributed by atoms with van der Waals surface area (Å²) >= 11 is 0. The Morgan fingerprint density at radius 2 is 1.71 bits per heavy atom. The van der Waals surface area contributed by atoms with Crippen molar-refractivity contribution in [2.45, 2.75) is 19.9 Å². The van der Waals surface area contributed by atoms with E-state index < -0.39 is 11.6 Å². The number of halogens is 3. The summed E-state index contributed by atoms with van der Waals surface area (Å²) < 4.78 is 39.1. The fourth-order valence-electron chi connectivity index (χ4n) is 2.50. The van der Waals surface area contributed by atoms with Crippen molar-refractivity contribution in [1.82, 2.24) is 0 Å². The molecule has 0 fully saturated rings. The van der Waals surface area contributed by atoms with Crippen molar-refractivity contribution in [3.05, 3.63) is 65.5 Å². The molecule has 2 rings (SSSR count). The third kappa shape index (κ3) is 4.83. The molecule has 0 aliphatic carbocycles. The summed E-state index contributed by atoms with van der Waals surface area (Å²) in [5.74, 6) is -2.38. The molecule has 0 aromatic heterocycles. The van der Waals surface area contributed by atoms with Crippen molar-refractivity contribution >= 4 is 11.6 Å². The fraction of sp³-hybridized carbons (Fsp3) is 0.278. The molecule has 3 nitrogen and oxygen atoms in total. The zero-order valence-corrected chi connectivity index (χ0v) is 13.5. The molecule has 128 valence electrons. The maximum atomic E-state index is 13.1. The van der Waals surface area contributed by atoms with Crippen LogP contribution in [0.5, 0.6) is 0 Å². The van der Waals surface area contributed by atoms with E-state index in [1.54, 1.807) is 12.1 Å². The number of amides is 1. The number of carbonyl (C=O) groups excluding carboxylic acids is 1. The topological polar surface area (TPSA) is 45.7 Å². The first-order chi connectivity index (χ1) is 11.4. The summed E-state index contributed by atoms with van der Waals surface area (Å²) in [4.78, 5) is 12.0. The second-order valence-electron chi connectivity index (χ2n) is 5.94. The molecule has 0 saturated carbocycles. The second-order valence-corrected chi connectivity index (χ2v) is 5.94. The SMILES string of the molecule is CC(C)[C@@H]([NH2+]CC(=O)Nc1ccc(F)c(F)c1)c1ccc(F)cc1. The van der Waals surface area contributed by atoms with Crippen LogP contribution in [0.4, 0.5) is 18.9 Å². The summed E-state index contributed by atoms with van der Waals surface area (Å²) in [6, 6.07) is 9.36. The molecule has 0 spiro atoms. The average molecular weight is 337 g/mol. The zero-order chi connectivity index (χ0) is 17.7. The monoisotopic (exact) mass is 337 g/mol. The van der Waals surface area contributed by atoms with Crippen LogP contribution in [-0.2, 0) is 4.79 Å². The molecular weight excluding hydrogens is 317 g/mol. The van der Waals surface area contributed by atoms with Crippen LogP contribution in [0, 0.1) is 23.4 Å². The molecule has 24 heavy (non-hydrogen) atoms. The molecule has 1 amide bonds. The van der Waals surface area contributed by atoms with Gasteiger partial charge in [-0.3, -0.25) is 4.79 Å². The highest BCUT2D eigenvalue weighted by atomic mass is 19.2. The largest absolute Gasteiger partial charge is 0.332 e. The van der Waals surface area contributed by atoms with Crippen LogP contribution in [-0.4, -0.2) is 12.5 Å². The van der Waals surface area contributed by atoms with E-state index >= 15 is 0 Å². The highest BCUT2D eigenvalue weighted by Gasteiger charge is 2.20.